The zero-order valence-electron chi connectivity index (χ0n) is 21.3. The summed E-state index contributed by atoms with van der Waals surface area (Å²) in [6.07, 6.45) is 8.05. The minimum atomic E-state index is -0.541. The Balaban J connectivity index is 1.82. The second-order valence-electron chi connectivity index (χ2n) is 8.40. The molecule has 0 unspecified atom stereocenters. The number of amides is 2. The summed E-state index contributed by atoms with van der Waals surface area (Å²) in [4.78, 5) is 29.4. The maximum absolute atomic E-state index is 13.3. The van der Waals surface area contributed by atoms with Crippen LogP contribution in [0, 0.1) is 0 Å². The average Bonchev–Trinajstić information content (AvgIpc) is 2.89. The fraction of sp³-hybridized carbons (Fsp3) is 0.357. The first-order valence-electron chi connectivity index (χ1n) is 11.6. The minimum absolute atomic E-state index is 0.0431. The summed E-state index contributed by atoms with van der Waals surface area (Å²) in [5.74, 6) is 1.60. The fourth-order valence-corrected chi connectivity index (χ4v) is 4.27. The highest BCUT2D eigenvalue weighted by molar-refractivity contribution is 5.96. The topological polar surface area (TPSA) is 68.3 Å². The number of likely N-dealkylation sites (N-methyl/N-ethyl adjacent to an activating group) is 1. The van der Waals surface area contributed by atoms with Crippen molar-refractivity contribution < 1.29 is 23.8 Å². The Labute approximate surface area is 207 Å². The molecule has 2 aromatic carbocycles. The van der Waals surface area contributed by atoms with Gasteiger partial charge in [-0.15, -0.1) is 0 Å². The molecule has 7 heteroatoms. The molecule has 2 atom stereocenters. The molecule has 0 N–H and O–H groups in total. The number of carbonyl (C=O) groups is 2. The summed E-state index contributed by atoms with van der Waals surface area (Å²) < 4.78 is 16.3. The van der Waals surface area contributed by atoms with Gasteiger partial charge in [-0.1, -0.05) is 48.6 Å². The molecule has 0 saturated carbocycles. The smallest absolute Gasteiger partial charge is 0.246 e. The van der Waals surface area contributed by atoms with Crippen LogP contribution in [-0.2, 0) is 16.0 Å². The molecule has 3 rings (SSSR count). The van der Waals surface area contributed by atoms with Gasteiger partial charge in [0.05, 0.1) is 21.3 Å². The van der Waals surface area contributed by atoms with Crippen molar-refractivity contribution in [1.29, 1.82) is 0 Å². The normalized spacial score (nSPS) is 18.6. The molecule has 1 saturated heterocycles. The van der Waals surface area contributed by atoms with E-state index in [4.69, 9.17) is 14.2 Å². The van der Waals surface area contributed by atoms with Gasteiger partial charge in [0, 0.05) is 20.0 Å². The van der Waals surface area contributed by atoms with Crippen molar-refractivity contribution in [3.8, 4) is 28.4 Å². The molecule has 186 valence electrons. The van der Waals surface area contributed by atoms with E-state index in [1.54, 1.807) is 45.1 Å². The number of allylic oxidation sites excluding steroid dienone is 3. The number of benzene rings is 2. The van der Waals surface area contributed by atoms with Gasteiger partial charge in [0.15, 0.2) is 11.5 Å². The third kappa shape index (κ3) is 5.50. The largest absolute Gasteiger partial charge is 0.493 e. The van der Waals surface area contributed by atoms with Gasteiger partial charge in [-0.2, -0.15) is 0 Å². The average molecular weight is 479 g/mol. The summed E-state index contributed by atoms with van der Waals surface area (Å²) in [7, 11) is 6.45. The first kappa shape index (κ1) is 25.9. The Kier molecular flexibility index (Phi) is 8.58. The van der Waals surface area contributed by atoms with Crippen LogP contribution in [0.25, 0.3) is 11.1 Å². The molecule has 0 spiro atoms. The van der Waals surface area contributed by atoms with Crippen LogP contribution < -0.4 is 14.2 Å². The summed E-state index contributed by atoms with van der Waals surface area (Å²) in [5.41, 5.74) is 2.86. The Hall–Kier alpha value is -3.74. The molecule has 2 amide bonds. The number of nitrogens with zero attached hydrogens (tertiary/aromatic N) is 2. The fourth-order valence-electron chi connectivity index (χ4n) is 4.27. The maximum atomic E-state index is 13.3. The molecule has 0 bridgehead atoms. The van der Waals surface area contributed by atoms with E-state index in [2.05, 4.69) is 0 Å². The quantitative estimate of drug-likeness (QED) is 0.508. The SMILES string of the molecule is CC=CC=CCN1C(=O)[C@H](Cc2ccc(-c3cc(OC)c(OC)c(OC)c3)cc2)N(C)C(=O)[C@@H]1C. The van der Waals surface area contributed by atoms with Crippen molar-refractivity contribution in [3.05, 3.63) is 66.3 Å². The Morgan fingerprint density at radius 3 is 2.06 bits per heavy atom. The van der Waals surface area contributed by atoms with Crippen LogP contribution in [0.4, 0.5) is 0 Å². The molecule has 0 radical (unpaired) electrons. The van der Waals surface area contributed by atoms with Crippen LogP contribution in [0.15, 0.2) is 60.7 Å². The molecule has 1 aliphatic rings. The van der Waals surface area contributed by atoms with E-state index in [0.717, 1.165) is 16.7 Å². The van der Waals surface area contributed by atoms with E-state index >= 15 is 0 Å². The molecular weight excluding hydrogens is 444 g/mol. The lowest BCUT2D eigenvalue weighted by atomic mass is 9.96. The van der Waals surface area contributed by atoms with Crippen molar-refractivity contribution in [2.75, 3.05) is 34.9 Å². The van der Waals surface area contributed by atoms with Gasteiger partial charge in [-0.05, 0) is 42.7 Å². The van der Waals surface area contributed by atoms with Crippen LogP contribution in [0.5, 0.6) is 17.2 Å². The van der Waals surface area contributed by atoms with Crippen LogP contribution in [0.2, 0.25) is 0 Å². The summed E-state index contributed by atoms with van der Waals surface area (Å²) in [6, 6.07) is 10.7. The zero-order valence-corrected chi connectivity index (χ0v) is 21.3. The van der Waals surface area contributed by atoms with E-state index in [1.165, 1.54) is 0 Å². The number of piperazine rings is 1. The van der Waals surface area contributed by atoms with Gasteiger partial charge < -0.3 is 24.0 Å². The molecule has 7 nitrogen and oxygen atoms in total. The van der Waals surface area contributed by atoms with Crippen molar-refractivity contribution in [1.82, 2.24) is 9.80 Å². The van der Waals surface area contributed by atoms with Crippen molar-refractivity contribution in [2.24, 2.45) is 0 Å². The highest BCUT2D eigenvalue weighted by atomic mass is 16.5. The van der Waals surface area contributed by atoms with Crippen LogP contribution in [0.1, 0.15) is 19.4 Å². The highest BCUT2D eigenvalue weighted by Crippen LogP contribution is 2.41. The first-order chi connectivity index (χ1) is 16.9. The van der Waals surface area contributed by atoms with Gasteiger partial charge in [-0.3, -0.25) is 9.59 Å². The second kappa shape index (κ2) is 11.6. The molecule has 1 fully saturated rings. The highest BCUT2D eigenvalue weighted by Gasteiger charge is 2.41. The number of ether oxygens (including phenoxy) is 3. The number of hydrogen-bond acceptors (Lipinski definition) is 5. The second-order valence-corrected chi connectivity index (χ2v) is 8.40. The molecule has 1 heterocycles. The van der Waals surface area contributed by atoms with Crippen LogP contribution in [0.3, 0.4) is 0 Å². The summed E-state index contributed by atoms with van der Waals surface area (Å²) in [5, 5.41) is 0. The maximum Gasteiger partial charge on any atom is 0.246 e. The van der Waals surface area contributed by atoms with Crippen LogP contribution >= 0.6 is 0 Å². The lowest BCUT2D eigenvalue weighted by Gasteiger charge is -2.42. The number of hydrogen-bond donors (Lipinski definition) is 0. The van der Waals surface area contributed by atoms with Gasteiger partial charge in [0.25, 0.3) is 0 Å². The van der Waals surface area contributed by atoms with Crippen molar-refractivity contribution in [3.63, 3.8) is 0 Å². The monoisotopic (exact) mass is 478 g/mol. The standard InChI is InChI=1S/C28H34N2O5/c1-7-8-9-10-15-30-19(2)27(31)29(3)23(28(30)32)16-20-11-13-21(14-12-20)22-17-24(33-4)26(35-6)25(18-22)34-5/h7-14,17-19,23H,15-16H2,1-6H3/t19-,23-/m0/s1. The van der Waals surface area contributed by atoms with Crippen molar-refractivity contribution >= 4 is 11.8 Å². The Morgan fingerprint density at radius 2 is 1.51 bits per heavy atom. The van der Waals surface area contributed by atoms with Crippen molar-refractivity contribution in [2.45, 2.75) is 32.4 Å². The van der Waals surface area contributed by atoms with Gasteiger partial charge in [0.2, 0.25) is 17.6 Å². The molecule has 1 aliphatic heterocycles. The van der Waals surface area contributed by atoms with Crippen LogP contribution in [-0.4, -0.2) is 68.6 Å². The third-order valence-corrected chi connectivity index (χ3v) is 6.33. The van der Waals surface area contributed by atoms with E-state index < -0.39 is 12.1 Å². The van der Waals surface area contributed by atoms with Gasteiger partial charge in [-0.25, -0.2) is 0 Å². The zero-order chi connectivity index (χ0) is 25.5. The molecule has 35 heavy (non-hydrogen) atoms. The predicted octanol–water partition coefficient (Wildman–Crippen LogP) is 4.11. The Bertz CT molecular complexity index is 1080. The first-order valence-corrected chi connectivity index (χ1v) is 11.6. The van der Waals surface area contributed by atoms with E-state index in [1.807, 2.05) is 67.6 Å². The Morgan fingerprint density at radius 1 is 0.886 bits per heavy atom. The third-order valence-electron chi connectivity index (χ3n) is 6.33. The summed E-state index contributed by atoms with van der Waals surface area (Å²) in [6.45, 7) is 4.11. The van der Waals surface area contributed by atoms with Gasteiger partial charge >= 0.3 is 0 Å². The van der Waals surface area contributed by atoms with E-state index in [-0.39, 0.29) is 11.8 Å². The van der Waals surface area contributed by atoms with E-state index in [0.29, 0.717) is 30.2 Å². The molecule has 2 aromatic rings. The minimum Gasteiger partial charge on any atom is -0.493 e. The lowest BCUT2D eigenvalue weighted by molar-refractivity contribution is -0.158. The number of rotatable bonds is 9. The lowest BCUT2D eigenvalue weighted by Crippen LogP contribution is -2.63. The molecule has 0 aromatic heterocycles. The summed E-state index contributed by atoms with van der Waals surface area (Å²) >= 11 is 0. The van der Waals surface area contributed by atoms with Gasteiger partial charge in [0.1, 0.15) is 12.1 Å². The predicted molar refractivity (Wildman–Crippen MR) is 137 cm³/mol. The molecular formula is C28H34N2O5. The molecule has 0 aliphatic carbocycles. The number of carbonyl (C=O) groups excluding carboxylic acids is 2. The van der Waals surface area contributed by atoms with E-state index in [9.17, 15) is 9.59 Å². The number of methoxy groups -OCH3 is 3.